The second-order valence-electron chi connectivity index (χ2n) is 16.8. The Bertz CT molecular complexity index is 2050. The number of carbonyl (C=O) groups excluding carboxylic acids is 4. The molecule has 340 valence electrons. The summed E-state index contributed by atoms with van der Waals surface area (Å²) in [5, 5.41) is 54.3. The maximum Gasteiger partial charge on any atom is 0.407 e. The van der Waals surface area contributed by atoms with E-state index < -0.39 is 88.8 Å². The van der Waals surface area contributed by atoms with Crippen LogP contribution in [0.25, 0.3) is 0 Å². The zero-order chi connectivity index (χ0) is 45.8. The van der Waals surface area contributed by atoms with Crippen molar-refractivity contribution in [2.75, 3.05) is 60.6 Å². The summed E-state index contributed by atoms with van der Waals surface area (Å²) >= 11 is 0. The molecule has 5 bridgehead atoms. The first-order valence-corrected chi connectivity index (χ1v) is 20.8. The highest BCUT2D eigenvalue weighted by Gasteiger charge is 2.52. The van der Waals surface area contributed by atoms with E-state index >= 15 is 0 Å². The molecule has 0 radical (unpaired) electrons. The van der Waals surface area contributed by atoms with E-state index in [4.69, 9.17) is 23.7 Å². The lowest BCUT2D eigenvalue weighted by atomic mass is 9.78. The summed E-state index contributed by atoms with van der Waals surface area (Å²) in [5.74, 6) is -7.58. The average Bonchev–Trinajstić information content (AvgIpc) is 3.54. The molecule has 2 amide bonds. The molecular formula is C44H61N5O13. The quantitative estimate of drug-likeness (QED) is 0.178. The van der Waals surface area contributed by atoms with Gasteiger partial charge < -0.3 is 64.6 Å². The van der Waals surface area contributed by atoms with Crippen LogP contribution in [0.5, 0.6) is 11.5 Å². The predicted molar refractivity (Wildman–Crippen MR) is 226 cm³/mol. The molecule has 18 heteroatoms. The van der Waals surface area contributed by atoms with E-state index in [-0.39, 0.29) is 71.4 Å². The van der Waals surface area contributed by atoms with Gasteiger partial charge in [0.15, 0.2) is 5.71 Å². The van der Waals surface area contributed by atoms with Crippen LogP contribution in [0.3, 0.4) is 0 Å². The molecule has 4 aliphatic heterocycles. The second kappa shape index (κ2) is 19.8. The number of rotatable bonds is 6. The predicted octanol–water partition coefficient (Wildman–Crippen LogP) is 3.01. The molecule has 62 heavy (non-hydrogen) atoms. The van der Waals surface area contributed by atoms with Crippen molar-refractivity contribution in [2.24, 2.45) is 28.8 Å². The molecule has 0 aromatic heterocycles. The van der Waals surface area contributed by atoms with Crippen LogP contribution >= 0.6 is 0 Å². The molecular weight excluding hydrogens is 807 g/mol. The molecule has 0 saturated carbocycles. The number of ketones is 2. The van der Waals surface area contributed by atoms with Gasteiger partial charge >= 0.3 is 6.09 Å². The summed E-state index contributed by atoms with van der Waals surface area (Å²) in [6.07, 6.45) is 2.65. The molecule has 1 aromatic carbocycles. The van der Waals surface area contributed by atoms with E-state index in [1.807, 2.05) is 19.0 Å². The molecule has 6 rings (SSSR count). The minimum Gasteiger partial charge on any atom is -0.507 e. The summed E-state index contributed by atoms with van der Waals surface area (Å²) in [7, 11) is 5.16. The van der Waals surface area contributed by atoms with Gasteiger partial charge in [-0.15, -0.1) is 0 Å². The van der Waals surface area contributed by atoms with Gasteiger partial charge in [0.2, 0.25) is 11.6 Å². The highest BCUT2D eigenvalue weighted by atomic mass is 16.7. The molecule has 1 aromatic rings. The zero-order valence-electron chi connectivity index (χ0n) is 37.1. The Morgan fingerprint density at radius 3 is 2.31 bits per heavy atom. The topological polar surface area (TPSA) is 238 Å². The van der Waals surface area contributed by atoms with Crippen molar-refractivity contribution < 1.29 is 63.4 Å². The van der Waals surface area contributed by atoms with E-state index in [1.54, 1.807) is 44.7 Å². The van der Waals surface area contributed by atoms with Crippen molar-refractivity contribution in [2.45, 2.75) is 78.7 Å². The van der Waals surface area contributed by atoms with E-state index in [9.17, 15) is 39.7 Å². The van der Waals surface area contributed by atoms with E-state index in [0.29, 0.717) is 13.1 Å². The van der Waals surface area contributed by atoms with E-state index in [1.165, 1.54) is 46.3 Å². The lowest BCUT2D eigenvalue weighted by Crippen LogP contribution is -2.48. The number of benzene rings is 1. The first kappa shape index (κ1) is 47.8. The number of nitrogens with one attached hydrogen (secondary N) is 2. The molecule has 4 heterocycles. The number of oxime groups is 1. The van der Waals surface area contributed by atoms with Crippen molar-refractivity contribution in [1.82, 2.24) is 20.4 Å². The number of aliphatic hydroxyl groups excluding tert-OH is 2. The number of Topliss-reactive ketones (excluding diaryl/α,β-unsaturated/α-hetero) is 2. The van der Waals surface area contributed by atoms with Crippen molar-refractivity contribution in [1.29, 1.82) is 0 Å². The van der Waals surface area contributed by atoms with Gasteiger partial charge in [0.1, 0.15) is 29.0 Å². The number of carbonyl (C=O) groups is 4. The van der Waals surface area contributed by atoms with Crippen LogP contribution in [-0.4, -0.2) is 150 Å². The number of methoxy groups -OCH3 is 1. The minimum absolute atomic E-state index is 0.0370. The van der Waals surface area contributed by atoms with Gasteiger partial charge in [0.05, 0.1) is 54.5 Å². The van der Waals surface area contributed by atoms with E-state index in [0.717, 1.165) is 0 Å². The van der Waals surface area contributed by atoms with Gasteiger partial charge in [0.25, 0.3) is 11.7 Å². The van der Waals surface area contributed by atoms with Crippen LogP contribution < -0.4 is 15.4 Å². The van der Waals surface area contributed by atoms with Crippen LogP contribution in [-0.2, 0) is 23.7 Å². The van der Waals surface area contributed by atoms with Gasteiger partial charge in [-0.1, -0.05) is 51.1 Å². The molecule has 1 saturated heterocycles. The van der Waals surface area contributed by atoms with Crippen molar-refractivity contribution in [3.63, 3.8) is 0 Å². The maximum atomic E-state index is 14.9. The molecule has 0 spiro atoms. The number of phenols is 1. The van der Waals surface area contributed by atoms with Crippen molar-refractivity contribution in [3.05, 3.63) is 69.8 Å². The summed E-state index contributed by atoms with van der Waals surface area (Å²) in [4.78, 5) is 59.9. The highest BCUT2D eigenvalue weighted by molar-refractivity contribution is 6.33. The van der Waals surface area contributed by atoms with Crippen molar-refractivity contribution in [3.8, 4) is 11.5 Å². The monoisotopic (exact) mass is 867 g/mol. The lowest BCUT2D eigenvalue weighted by Gasteiger charge is -2.38. The van der Waals surface area contributed by atoms with Crippen LogP contribution in [0.1, 0.15) is 73.4 Å². The largest absolute Gasteiger partial charge is 0.507 e. The van der Waals surface area contributed by atoms with Gasteiger partial charge in [-0.2, -0.15) is 0 Å². The number of hydrogen-bond acceptors (Lipinski definition) is 16. The number of morpholine rings is 1. The smallest absolute Gasteiger partial charge is 0.407 e. The van der Waals surface area contributed by atoms with Crippen LogP contribution in [0.4, 0.5) is 4.79 Å². The van der Waals surface area contributed by atoms with Gasteiger partial charge in [-0.3, -0.25) is 14.4 Å². The molecule has 1 fully saturated rings. The third-order valence-corrected chi connectivity index (χ3v) is 12.2. The highest BCUT2D eigenvalue weighted by Crippen LogP contribution is 2.49. The summed E-state index contributed by atoms with van der Waals surface area (Å²) in [5.41, 5.74) is -1.42. The van der Waals surface area contributed by atoms with Crippen LogP contribution in [0.15, 0.2) is 52.7 Å². The number of allylic oxidation sites excluding steroid dienone is 4. The maximum absolute atomic E-state index is 14.9. The lowest BCUT2D eigenvalue weighted by molar-refractivity contribution is -0.116. The fourth-order valence-electron chi connectivity index (χ4n) is 8.27. The van der Waals surface area contributed by atoms with Crippen molar-refractivity contribution >= 4 is 29.3 Å². The number of alkyl carbamates (subject to hydrolysis) is 1. The number of hydrogen-bond donors (Lipinski definition) is 6. The standard InChI is InChI=1S/C44H61N5O13/c1-22-12-11-13-23(2)42(55)46-32-33(49-17-20-59-21-18-49)38(54)29-30(37(32)53)36(52)27(6)40-31(29)41(47-57)44(7,62-40)60-19-14-28(58-10)24(3)39(26(5)35(51)25(4)34(22)50)61-43(56)45-15-16-48(8)9/h11-14,19,22,24-26,28,34-35,39,50-52,57H,15-18,20-21H2,1-10H3,(H,45,56)(H,46,55)/b12-11+,19-14+,23-13-,47-41-/t22-,24+,25+,26+,28-,34-,35+,39+,44-/m0/s1. The molecule has 5 aliphatic rings. The van der Waals surface area contributed by atoms with Crippen LogP contribution in [0, 0.1) is 30.6 Å². The fraction of sp³-hybridized carbons (Fsp3) is 0.568. The number of fused-ring (bicyclic) bond motifs is 14. The number of aliphatic hydroxyl groups is 2. The number of nitrogens with zero attached hydrogens (tertiary/aromatic N) is 3. The SMILES string of the molecule is CO[C@H]1/C=C/O[C@@]2(C)Oc3c(C)c(O)c4c(c3/C2=N/O)C(=O)C(N2CCOCC2)=C(NC(=O)/C(C)=C\C=C\[C@H](C)[C@H](O)[C@@H](C)[C@@H](O)[C@@H](C)[C@H](OC(=O)NCCN(C)C)[C@@H]1C)C4=O. The normalized spacial score (nSPS) is 32.5. The molecule has 1 aliphatic carbocycles. The Balaban J connectivity index is 1.65. The summed E-state index contributed by atoms with van der Waals surface area (Å²) < 4.78 is 29.8. The number of amides is 2. The molecule has 6 N–H and O–H groups in total. The number of phenolic OH excluding ortho intramolecular Hbond substituents is 1. The second-order valence-corrected chi connectivity index (χ2v) is 16.8. The Labute approximate surface area is 361 Å². The number of aromatic hydroxyl groups is 1. The Morgan fingerprint density at radius 1 is 1.00 bits per heavy atom. The zero-order valence-corrected chi connectivity index (χ0v) is 37.1. The average molecular weight is 868 g/mol. The number of ether oxygens (including phenoxy) is 5. The van der Waals surface area contributed by atoms with E-state index in [2.05, 4.69) is 15.8 Å². The Morgan fingerprint density at radius 2 is 1.68 bits per heavy atom. The first-order chi connectivity index (χ1) is 29.3. The van der Waals surface area contributed by atoms with Gasteiger partial charge in [-0.05, 0) is 34.0 Å². The first-order valence-electron chi connectivity index (χ1n) is 20.8. The fourth-order valence-corrected chi connectivity index (χ4v) is 8.27. The molecule has 0 unspecified atom stereocenters. The number of likely N-dealkylation sites (N-methyl/N-ethyl adjacent to an activating group) is 1. The third-order valence-electron chi connectivity index (χ3n) is 12.2. The third kappa shape index (κ3) is 9.53. The van der Waals surface area contributed by atoms with Gasteiger partial charge in [0, 0.05) is 75.0 Å². The molecule has 18 nitrogen and oxygen atoms in total. The Hall–Kier alpha value is -5.27. The molecule has 9 atom stereocenters. The minimum atomic E-state index is -1.95. The van der Waals surface area contributed by atoms with Crippen LogP contribution in [0.2, 0.25) is 0 Å². The summed E-state index contributed by atoms with van der Waals surface area (Å²) in [6.45, 7) is 13.0. The van der Waals surface area contributed by atoms with Gasteiger partial charge in [-0.25, -0.2) is 4.79 Å². The Kier molecular flexibility index (Phi) is 15.3. The summed E-state index contributed by atoms with van der Waals surface area (Å²) in [6, 6.07) is 0.